The van der Waals surface area contributed by atoms with Gasteiger partial charge in [0.05, 0.1) is 5.69 Å². The Balaban J connectivity index is 2.15. The fraction of sp³-hybridized carbons (Fsp3) is 0.211. The van der Waals surface area contributed by atoms with Gasteiger partial charge in [-0.15, -0.1) is 0 Å². The standard InChI is InChI=1S/C19H19N/c1-13(2)17-8-14(3)9-18(10-17)19-11-15-6-4-5-7-16(15)12-20-19/h4-13H,1-3H3. The van der Waals surface area contributed by atoms with Crippen LogP contribution in [0.2, 0.25) is 0 Å². The van der Waals surface area contributed by atoms with Crippen LogP contribution in [-0.4, -0.2) is 4.98 Å². The molecule has 3 aromatic rings. The molecule has 2 aromatic carbocycles. The van der Waals surface area contributed by atoms with Crippen LogP contribution >= 0.6 is 0 Å². The zero-order valence-corrected chi connectivity index (χ0v) is 12.2. The molecule has 0 unspecified atom stereocenters. The van der Waals surface area contributed by atoms with Gasteiger partial charge >= 0.3 is 0 Å². The molecule has 0 fully saturated rings. The van der Waals surface area contributed by atoms with Crippen LogP contribution in [-0.2, 0) is 0 Å². The summed E-state index contributed by atoms with van der Waals surface area (Å²) in [7, 11) is 0. The maximum absolute atomic E-state index is 4.62. The average molecular weight is 261 g/mol. The van der Waals surface area contributed by atoms with E-state index in [4.69, 9.17) is 0 Å². The molecule has 1 aromatic heterocycles. The minimum Gasteiger partial charge on any atom is -0.256 e. The van der Waals surface area contributed by atoms with Crippen molar-refractivity contribution in [2.75, 3.05) is 0 Å². The minimum absolute atomic E-state index is 0.536. The first-order valence-corrected chi connectivity index (χ1v) is 7.10. The minimum atomic E-state index is 0.536. The highest BCUT2D eigenvalue weighted by Crippen LogP contribution is 2.26. The molecule has 0 aliphatic rings. The molecule has 1 heterocycles. The van der Waals surface area contributed by atoms with Crippen molar-refractivity contribution < 1.29 is 0 Å². The van der Waals surface area contributed by atoms with Gasteiger partial charge in [0.15, 0.2) is 0 Å². The van der Waals surface area contributed by atoms with E-state index in [2.05, 4.69) is 68.2 Å². The van der Waals surface area contributed by atoms with Crippen LogP contribution in [0.3, 0.4) is 0 Å². The number of aryl methyl sites for hydroxylation is 1. The summed E-state index contributed by atoms with van der Waals surface area (Å²) in [5.41, 5.74) is 4.92. The van der Waals surface area contributed by atoms with Crippen LogP contribution in [0, 0.1) is 6.92 Å². The number of aromatic nitrogens is 1. The second-order valence-electron chi connectivity index (χ2n) is 5.70. The van der Waals surface area contributed by atoms with Crippen molar-refractivity contribution in [3.05, 3.63) is 65.9 Å². The molecule has 0 bridgehead atoms. The van der Waals surface area contributed by atoms with Gasteiger partial charge in [-0.05, 0) is 42.0 Å². The van der Waals surface area contributed by atoms with E-state index >= 15 is 0 Å². The Bertz CT molecular complexity index is 757. The van der Waals surface area contributed by atoms with Crippen molar-refractivity contribution in [2.45, 2.75) is 26.7 Å². The molecule has 0 saturated carbocycles. The summed E-state index contributed by atoms with van der Waals surface area (Å²) in [4.78, 5) is 4.62. The number of pyridine rings is 1. The van der Waals surface area contributed by atoms with Crippen molar-refractivity contribution in [1.29, 1.82) is 0 Å². The summed E-state index contributed by atoms with van der Waals surface area (Å²) >= 11 is 0. The highest BCUT2D eigenvalue weighted by atomic mass is 14.7. The molecule has 0 amide bonds. The predicted molar refractivity (Wildman–Crippen MR) is 86.0 cm³/mol. The summed E-state index contributed by atoms with van der Waals surface area (Å²) in [5.74, 6) is 0.536. The second-order valence-corrected chi connectivity index (χ2v) is 5.70. The number of hydrogen-bond acceptors (Lipinski definition) is 1. The first-order valence-electron chi connectivity index (χ1n) is 7.10. The Morgan fingerprint density at radius 3 is 2.40 bits per heavy atom. The average Bonchev–Trinajstić information content (AvgIpc) is 2.46. The van der Waals surface area contributed by atoms with Crippen molar-refractivity contribution in [3.63, 3.8) is 0 Å². The zero-order valence-electron chi connectivity index (χ0n) is 12.2. The number of benzene rings is 2. The molecule has 3 rings (SSSR count). The summed E-state index contributed by atoms with van der Waals surface area (Å²) < 4.78 is 0. The van der Waals surface area contributed by atoms with Crippen LogP contribution in [0.4, 0.5) is 0 Å². The first kappa shape index (κ1) is 12.9. The van der Waals surface area contributed by atoms with Gasteiger partial charge in [0.2, 0.25) is 0 Å². The summed E-state index contributed by atoms with van der Waals surface area (Å²) in [6.45, 7) is 6.61. The maximum Gasteiger partial charge on any atom is 0.0708 e. The molecule has 0 aliphatic heterocycles. The van der Waals surface area contributed by atoms with Crippen LogP contribution in [0.25, 0.3) is 22.0 Å². The van der Waals surface area contributed by atoms with E-state index in [1.807, 2.05) is 12.3 Å². The molecular formula is C19H19N. The zero-order chi connectivity index (χ0) is 14.1. The molecule has 100 valence electrons. The smallest absolute Gasteiger partial charge is 0.0708 e. The Morgan fingerprint density at radius 1 is 0.900 bits per heavy atom. The third kappa shape index (κ3) is 2.44. The summed E-state index contributed by atoms with van der Waals surface area (Å²) in [5, 5.41) is 2.43. The molecule has 0 radical (unpaired) electrons. The van der Waals surface area contributed by atoms with Crippen molar-refractivity contribution in [2.24, 2.45) is 0 Å². The van der Waals surface area contributed by atoms with Crippen molar-refractivity contribution >= 4 is 10.8 Å². The summed E-state index contributed by atoms with van der Waals surface area (Å²) in [6, 6.07) is 17.3. The Labute approximate surface area is 120 Å². The van der Waals surface area contributed by atoms with E-state index in [9.17, 15) is 0 Å². The van der Waals surface area contributed by atoms with Gasteiger partial charge in [-0.3, -0.25) is 4.98 Å². The van der Waals surface area contributed by atoms with Crippen LogP contribution in [0.1, 0.15) is 30.9 Å². The fourth-order valence-corrected chi connectivity index (χ4v) is 2.54. The fourth-order valence-electron chi connectivity index (χ4n) is 2.54. The molecule has 0 spiro atoms. The molecular weight excluding hydrogens is 242 g/mol. The number of nitrogens with zero attached hydrogens (tertiary/aromatic N) is 1. The molecule has 0 saturated heterocycles. The lowest BCUT2D eigenvalue weighted by Crippen LogP contribution is -1.92. The van der Waals surface area contributed by atoms with Crippen molar-refractivity contribution in [3.8, 4) is 11.3 Å². The van der Waals surface area contributed by atoms with Gasteiger partial charge in [0.1, 0.15) is 0 Å². The molecule has 0 atom stereocenters. The van der Waals surface area contributed by atoms with E-state index in [1.165, 1.54) is 27.5 Å². The molecule has 1 nitrogen and oxygen atoms in total. The number of hydrogen-bond donors (Lipinski definition) is 0. The monoisotopic (exact) mass is 261 g/mol. The SMILES string of the molecule is Cc1cc(-c2cc3ccccc3cn2)cc(C(C)C)c1. The van der Waals surface area contributed by atoms with E-state index < -0.39 is 0 Å². The van der Waals surface area contributed by atoms with Crippen LogP contribution < -0.4 is 0 Å². The predicted octanol–water partition coefficient (Wildman–Crippen LogP) is 5.33. The van der Waals surface area contributed by atoms with Crippen molar-refractivity contribution in [1.82, 2.24) is 4.98 Å². The van der Waals surface area contributed by atoms with Crippen LogP contribution in [0.15, 0.2) is 54.7 Å². The van der Waals surface area contributed by atoms with Gasteiger partial charge in [-0.2, -0.15) is 0 Å². The van der Waals surface area contributed by atoms with E-state index in [-0.39, 0.29) is 0 Å². The third-order valence-electron chi connectivity index (χ3n) is 3.69. The highest BCUT2D eigenvalue weighted by molar-refractivity contribution is 5.85. The Morgan fingerprint density at radius 2 is 1.65 bits per heavy atom. The molecule has 0 N–H and O–H groups in total. The first-order chi connectivity index (χ1) is 9.63. The lowest BCUT2D eigenvalue weighted by Gasteiger charge is -2.10. The van der Waals surface area contributed by atoms with Crippen LogP contribution in [0.5, 0.6) is 0 Å². The number of rotatable bonds is 2. The van der Waals surface area contributed by atoms with E-state index in [0.29, 0.717) is 5.92 Å². The Kier molecular flexibility index (Phi) is 3.27. The Hall–Kier alpha value is -2.15. The largest absolute Gasteiger partial charge is 0.256 e. The lowest BCUT2D eigenvalue weighted by molar-refractivity contribution is 0.865. The quantitative estimate of drug-likeness (QED) is 0.607. The maximum atomic E-state index is 4.62. The van der Waals surface area contributed by atoms with Gasteiger partial charge < -0.3 is 0 Å². The van der Waals surface area contributed by atoms with E-state index in [0.717, 1.165) is 5.69 Å². The number of fused-ring (bicyclic) bond motifs is 1. The summed E-state index contributed by atoms with van der Waals surface area (Å²) in [6.07, 6.45) is 1.96. The second kappa shape index (κ2) is 5.09. The van der Waals surface area contributed by atoms with Gasteiger partial charge in [0, 0.05) is 17.1 Å². The normalized spacial score (nSPS) is 11.2. The molecule has 20 heavy (non-hydrogen) atoms. The third-order valence-corrected chi connectivity index (χ3v) is 3.69. The molecule has 0 aliphatic carbocycles. The van der Waals surface area contributed by atoms with E-state index in [1.54, 1.807) is 0 Å². The topological polar surface area (TPSA) is 12.9 Å². The van der Waals surface area contributed by atoms with Gasteiger partial charge in [0.25, 0.3) is 0 Å². The highest BCUT2D eigenvalue weighted by Gasteiger charge is 2.06. The van der Waals surface area contributed by atoms with Gasteiger partial charge in [-0.1, -0.05) is 49.7 Å². The van der Waals surface area contributed by atoms with Gasteiger partial charge in [-0.25, -0.2) is 0 Å². The lowest BCUT2D eigenvalue weighted by atomic mass is 9.96. The molecule has 1 heteroatoms.